The van der Waals surface area contributed by atoms with Crippen molar-refractivity contribution in [3.8, 4) is 5.88 Å². The zero-order valence-corrected chi connectivity index (χ0v) is 13.0. The number of methoxy groups -OCH3 is 1. The Bertz CT molecular complexity index is 499. The Morgan fingerprint density at radius 2 is 2.19 bits per heavy atom. The monoisotopic (exact) mass is 293 g/mol. The summed E-state index contributed by atoms with van der Waals surface area (Å²) in [5, 5.41) is 3.37. The van der Waals surface area contributed by atoms with E-state index in [-0.39, 0.29) is 12.1 Å². The van der Waals surface area contributed by atoms with E-state index in [1.165, 1.54) is 0 Å². The lowest BCUT2D eigenvalue weighted by atomic mass is 10.1. The maximum absolute atomic E-state index is 12.1. The van der Waals surface area contributed by atoms with Crippen LogP contribution in [0.4, 0.5) is 4.79 Å². The number of carbonyl (C=O) groups is 1. The van der Waals surface area contributed by atoms with Crippen LogP contribution in [0.2, 0.25) is 0 Å². The second-order valence-corrected chi connectivity index (χ2v) is 6.04. The van der Waals surface area contributed by atoms with Crippen LogP contribution in [-0.4, -0.2) is 48.3 Å². The average molecular weight is 293 g/mol. The molecule has 1 amide bonds. The van der Waals surface area contributed by atoms with Gasteiger partial charge in [-0.25, -0.2) is 9.78 Å². The van der Waals surface area contributed by atoms with Crippen LogP contribution >= 0.6 is 0 Å². The van der Waals surface area contributed by atoms with E-state index >= 15 is 0 Å². The predicted molar refractivity (Wildman–Crippen MR) is 79.3 cm³/mol. The van der Waals surface area contributed by atoms with Crippen molar-refractivity contribution in [2.45, 2.75) is 32.4 Å². The van der Waals surface area contributed by atoms with Gasteiger partial charge in [-0.3, -0.25) is 0 Å². The number of nitrogens with one attached hydrogen (secondary N) is 1. The van der Waals surface area contributed by atoms with Crippen LogP contribution < -0.4 is 10.1 Å². The second-order valence-electron chi connectivity index (χ2n) is 6.04. The maximum atomic E-state index is 12.1. The van der Waals surface area contributed by atoms with Crippen molar-refractivity contribution < 1.29 is 14.3 Å². The van der Waals surface area contributed by atoms with E-state index in [1.54, 1.807) is 18.1 Å². The Balaban J connectivity index is 2.04. The van der Waals surface area contributed by atoms with Crippen molar-refractivity contribution in [1.82, 2.24) is 15.2 Å². The molecule has 6 heteroatoms. The molecule has 1 aromatic rings. The highest BCUT2D eigenvalue weighted by Gasteiger charge is 2.28. The van der Waals surface area contributed by atoms with Gasteiger partial charge in [0, 0.05) is 25.7 Å². The van der Waals surface area contributed by atoms with Gasteiger partial charge in [-0.15, -0.1) is 0 Å². The van der Waals surface area contributed by atoms with Gasteiger partial charge in [0.25, 0.3) is 0 Å². The Morgan fingerprint density at radius 3 is 2.86 bits per heavy atom. The Kier molecular flexibility index (Phi) is 4.67. The molecular formula is C15H23N3O3. The SMILES string of the molecule is COc1cccc(C2CN(C(=O)OC(C)(C)C)CCN2)n1. The van der Waals surface area contributed by atoms with Crippen molar-refractivity contribution in [2.24, 2.45) is 0 Å². The van der Waals surface area contributed by atoms with E-state index in [2.05, 4.69) is 10.3 Å². The van der Waals surface area contributed by atoms with Crippen LogP contribution in [0.25, 0.3) is 0 Å². The fourth-order valence-corrected chi connectivity index (χ4v) is 2.18. The number of ether oxygens (including phenoxy) is 2. The first kappa shape index (κ1) is 15.6. The lowest BCUT2D eigenvalue weighted by Gasteiger charge is -2.34. The number of carbonyl (C=O) groups excluding carboxylic acids is 1. The number of rotatable bonds is 2. The summed E-state index contributed by atoms with van der Waals surface area (Å²) in [4.78, 5) is 18.3. The van der Waals surface area contributed by atoms with Gasteiger partial charge in [0.2, 0.25) is 5.88 Å². The highest BCUT2D eigenvalue weighted by molar-refractivity contribution is 5.68. The molecule has 0 saturated carbocycles. The zero-order chi connectivity index (χ0) is 15.5. The Labute approximate surface area is 125 Å². The van der Waals surface area contributed by atoms with Gasteiger partial charge >= 0.3 is 6.09 Å². The lowest BCUT2D eigenvalue weighted by molar-refractivity contribution is 0.0193. The molecule has 21 heavy (non-hydrogen) atoms. The molecule has 2 heterocycles. The topological polar surface area (TPSA) is 63.7 Å². The molecule has 1 aliphatic rings. The molecule has 0 aromatic carbocycles. The molecule has 1 aliphatic heterocycles. The van der Waals surface area contributed by atoms with Crippen molar-refractivity contribution in [3.05, 3.63) is 23.9 Å². The number of amides is 1. The lowest BCUT2D eigenvalue weighted by Crippen LogP contribution is -2.49. The van der Waals surface area contributed by atoms with E-state index in [0.717, 1.165) is 5.69 Å². The summed E-state index contributed by atoms with van der Waals surface area (Å²) in [6, 6.07) is 5.62. The first-order valence-electron chi connectivity index (χ1n) is 7.11. The molecule has 1 aromatic heterocycles. The minimum atomic E-state index is -0.480. The second kappa shape index (κ2) is 6.30. The summed E-state index contributed by atoms with van der Waals surface area (Å²) in [5.41, 5.74) is 0.383. The number of aromatic nitrogens is 1. The summed E-state index contributed by atoms with van der Waals surface area (Å²) < 4.78 is 10.6. The molecule has 2 rings (SSSR count). The minimum absolute atomic E-state index is 0.0126. The van der Waals surface area contributed by atoms with Gasteiger partial charge in [-0.1, -0.05) is 6.07 Å². The van der Waals surface area contributed by atoms with Crippen molar-refractivity contribution >= 4 is 6.09 Å². The number of hydrogen-bond acceptors (Lipinski definition) is 5. The van der Waals surface area contributed by atoms with E-state index in [4.69, 9.17) is 9.47 Å². The van der Waals surface area contributed by atoms with Crippen molar-refractivity contribution in [3.63, 3.8) is 0 Å². The molecule has 1 saturated heterocycles. The summed E-state index contributed by atoms with van der Waals surface area (Å²) >= 11 is 0. The average Bonchev–Trinajstić information content (AvgIpc) is 2.46. The normalized spacial score (nSPS) is 19.2. The molecule has 1 N–H and O–H groups in total. The molecule has 0 bridgehead atoms. The fourth-order valence-electron chi connectivity index (χ4n) is 2.18. The van der Waals surface area contributed by atoms with Gasteiger partial charge < -0.3 is 19.7 Å². The van der Waals surface area contributed by atoms with Gasteiger partial charge in [0.1, 0.15) is 5.60 Å². The quantitative estimate of drug-likeness (QED) is 0.903. The first-order chi connectivity index (χ1) is 9.89. The van der Waals surface area contributed by atoms with Crippen LogP contribution in [0.3, 0.4) is 0 Å². The summed E-state index contributed by atoms with van der Waals surface area (Å²) in [5.74, 6) is 0.573. The van der Waals surface area contributed by atoms with Crippen LogP contribution in [0, 0.1) is 0 Å². The molecule has 0 radical (unpaired) electrons. The van der Waals surface area contributed by atoms with E-state index < -0.39 is 5.60 Å². The number of pyridine rings is 1. The summed E-state index contributed by atoms with van der Waals surface area (Å²) in [6.07, 6.45) is -0.281. The zero-order valence-electron chi connectivity index (χ0n) is 13.0. The summed E-state index contributed by atoms with van der Waals surface area (Å²) in [6.45, 7) is 7.49. The molecule has 1 fully saturated rings. The van der Waals surface area contributed by atoms with E-state index in [0.29, 0.717) is 25.5 Å². The van der Waals surface area contributed by atoms with Gasteiger partial charge in [0.15, 0.2) is 0 Å². The molecule has 0 spiro atoms. The number of piperazine rings is 1. The highest BCUT2D eigenvalue weighted by atomic mass is 16.6. The van der Waals surface area contributed by atoms with Crippen LogP contribution in [0.15, 0.2) is 18.2 Å². The molecular weight excluding hydrogens is 270 g/mol. The predicted octanol–water partition coefficient (Wildman–Crippen LogP) is 1.97. The third-order valence-electron chi connectivity index (χ3n) is 3.14. The van der Waals surface area contributed by atoms with Gasteiger partial charge in [-0.2, -0.15) is 0 Å². The maximum Gasteiger partial charge on any atom is 0.410 e. The molecule has 1 unspecified atom stereocenters. The summed E-state index contributed by atoms with van der Waals surface area (Å²) in [7, 11) is 1.59. The van der Waals surface area contributed by atoms with E-state index in [9.17, 15) is 4.79 Å². The molecule has 1 atom stereocenters. The smallest absolute Gasteiger partial charge is 0.410 e. The Hall–Kier alpha value is -1.82. The van der Waals surface area contributed by atoms with Crippen LogP contribution in [-0.2, 0) is 4.74 Å². The standard InChI is InChI=1S/C15H23N3O3/c1-15(2,3)21-14(19)18-9-8-16-12(10-18)11-6-5-7-13(17-11)20-4/h5-7,12,16H,8-10H2,1-4H3. The largest absolute Gasteiger partial charge is 0.481 e. The first-order valence-corrected chi connectivity index (χ1v) is 7.11. The molecule has 6 nitrogen and oxygen atoms in total. The molecule has 0 aliphatic carbocycles. The minimum Gasteiger partial charge on any atom is -0.481 e. The van der Waals surface area contributed by atoms with E-state index in [1.807, 2.05) is 32.9 Å². The highest BCUT2D eigenvalue weighted by Crippen LogP contribution is 2.19. The third kappa shape index (κ3) is 4.32. The number of hydrogen-bond donors (Lipinski definition) is 1. The van der Waals surface area contributed by atoms with Crippen LogP contribution in [0.1, 0.15) is 32.5 Å². The van der Waals surface area contributed by atoms with Gasteiger partial charge in [0.05, 0.1) is 18.8 Å². The third-order valence-corrected chi connectivity index (χ3v) is 3.14. The van der Waals surface area contributed by atoms with Crippen molar-refractivity contribution in [1.29, 1.82) is 0 Å². The van der Waals surface area contributed by atoms with Gasteiger partial charge in [-0.05, 0) is 26.8 Å². The number of nitrogens with zero attached hydrogens (tertiary/aromatic N) is 2. The fraction of sp³-hybridized carbons (Fsp3) is 0.600. The van der Waals surface area contributed by atoms with Crippen molar-refractivity contribution in [2.75, 3.05) is 26.7 Å². The molecule has 116 valence electrons. The van der Waals surface area contributed by atoms with Crippen LogP contribution in [0.5, 0.6) is 5.88 Å². The Morgan fingerprint density at radius 1 is 1.43 bits per heavy atom.